The average Bonchev–Trinajstić information content (AvgIpc) is 2.66. The Morgan fingerprint density at radius 3 is 2.47 bits per heavy atom. The van der Waals surface area contributed by atoms with Crippen molar-refractivity contribution in [3.05, 3.63) is 0 Å². The van der Waals surface area contributed by atoms with Crippen molar-refractivity contribution in [3.63, 3.8) is 0 Å². The second-order valence-electron chi connectivity index (χ2n) is 4.76. The number of aliphatic hydroxyl groups excluding tert-OH is 1. The number of nitrogens with zero attached hydrogens (tertiary/aromatic N) is 1. The number of likely N-dealkylation sites (tertiary alicyclic amines) is 1. The highest BCUT2D eigenvalue weighted by Gasteiger charge is 2.32. The largest absolute Gasteiger partial charge is 0.391 e. The standard InChI is InChI=1S/C12H23NO2/c1-2-15-10-6-8-13(9-7-10)11-4-3-5-12(11)14/h10-12,14H,2-9H2,1H3/t11-,12-/m1/s1. The maximum Gasteiger partial charge on any atom is 0.0695 e. The Morgan fingerprint density at radius 2 is 1.93 bits per heavy atom. The Labute approximate surface area is 92.4 Å². The molecule has 0 amide bonds. The second-order valence-corrected chi connectivity index (χ2v) is 4.76. The molecule has 0 radical (unpaired) electrons. The fourth-order valence-electron chi connectivity index (χ4n) is 2.96. The molecule has 3 nitrogen and oxygen atoms in total. The van der Waals surface area contributed by atoms with Crippen LogP contribution in [0.1, 0.15) is 39.0 Å². The van der Waals surface area contributed by atoms with Crippen LogP contribution in [0.15, 0.2) is 0 Å². The third kappa shape index (κ3) is 2.71. The summed E-state index contributed by atoms with van der Waals surface area (Å²) in [6, 6.07) is 0.438. The Kier molecular flexibility index (Phi) is 4.00. The maximum absolute atomic E-state index is 9.84. The van der Waals surface area contributed by atoms with Crippen LogP contribution in [0.3, 0.4) is 0 Å². The van der Waals surface area contributed by atoms with Gasteiger partial charge in [0.25, 0.3) is 0 Å². The zero-order valence-electron chi connectivity index (χ0n) is 9.69. The van der Waals surface area contributed by atoms with E-state index in [2.05, 4.69) is 11.8 Å². The molecule has 2 aliphatic rings. The van der Waals surface area contributed by atoms with Crippen LogP contribution in [0.5, 0.6) is 0 Å². The molecular weight excluding hydrogens is 190 g/mol. The lowest BCUT2D eigenvalue weighted by atomic mass is 10.0. The molecule has 2 atom stereocenters. The van der Waals surface area contributed by atoms with E-state index in [0.717, 1.165) is 39.0 Å². The first kappa shape index (κ1) is 11.4. The Bertz CT molecular complexity index is 190. The monoisotopic (exact) mass is 213 g/mol. The number of hydrogen-bond donors (Lipinski definition) is 1. The van der Waals surface area contributed by atoms with Gasteiger partial charge < -0.3 is 9.84 Å². The van der Waals surface area contributed by atoms with Crippen molar-refractivity contribution in [1.82, 2.24) is 4.90 Å². The van der Waals surface area contributed by atoms with Gasteiger partial charge in [0.05, 0.1) is 12.2 Å². The highest BCUT2D eigenvalue weighted by Crippen LogP contribution is 2.27. The van der Waals surface area contributed by atoms with E-state index < -0.39 is 0 Å². The van der Waals surface area contributed by atoms with E-state index in [1.807, 2.05) is 0 Å². The summed E-state index contributed by atoms with van der Waals surface area (Å²) < 4.78 is 5.63. The number of aliphatic hydroxyl groups is 1. The van der Waals surface area contributed by atoms with Crippen LogP contribution in [0.2, 0.25) is 0 Å². The zero-order valence-corrected chi connectivity index (χ0v) is 9.69. The summed E-state index contributed by atoms with van der Waals surface area (Å²) in [7, 11) is 0. The van der Waals surface area contributed by atoms with Crippen molar-refractivity contribution in [3.8, 4) is 0 Å². The molecule has 1 N–H and O–H groups in total. The quantitative estimate of drug-likeness (QED) is 0.769. The van der Waals surface area contributed by atoms with Gasteiger partial charge in [-0.15, -0.1) is 0 Å². The van der Waals surface area contributed by atoms with Crippen LogP contribution in [-0.4, -0.2) is 48.0 Å². The van der Waals surface area contributed by atoms with Crippen LogP contribution >= 0.6 is 0 Å². The Balaban J connectivity index is 1.77. The first-order valence-electron chi connectivity index (χ1n) is 6.35. The van der Waals surface area contributed by atoms with Gasteiger partial charge in [0.1, 0.15) is 0 Å². The van der Waals surface area contributed by atoms with Crippen molar-refractivity contribution in [2.45, 2.75) is 57.3 Å². The van der Waals surface area contributed by atoms with Crippen molar-refractivity contribution < 1.29 is 9.84 Å². The number of rotatable bonds is 3. The van der Waals surface area contributed by atoms with Gasteiger partial charge in [-0.1, -0.05) is 0 Å². The van der Waals surface area contributed by atoms with Crippen LogP contribution in [0.25, 0.3) is 0 Å². The van der Waals surface area contributed by atoms with Crippen molar-refractivity contribution in [1.29, 1.82) is 0 Å². The summed E-state index contributed by atoms with van der Waals surface area (Å²) in [6.45, 7) is 5.10. The minimum Gasteiger partial charge on any atom is -0.391 e. The summed E-state index contributed by atoms with van der Waals surface area (Å²) in [5.74, 6) is 0. The van der Waals surface area contributed by atoms with E-state index in [9.17, 15) is 5.11 Å². The van der Waals surface area contributed by atoms with Crippen molar-refractivity contribution in [2.75, 3.05) is 19.7 Å². The number of piperidine rings is 1. The second kappa shape index (κ2) is 5.28. The van der Waals surface area contributed by atoms with E-state index in [-0.39, 0.29) is 6.10 Å². The van der Waals surface area contributed by atoms with Gasteiger partial charge in [-0.3, -0.25) is 4.90 Å². The first-order valence-corrected chi connectivity index (χ1v) is 6.35. The molecular formula is C12H23NO2. The molecule has 0 aromatic rings. The predicted molar refractivity (Wildman–Crippen MR) is 59.9 cm³/mol. The van der Waals surface area contributed by atoms with Gasteiger partial charge in [-0.25, -0.2) is 0 Å². The number of ether oxygens (including phenoxy) is 1. The highest BCUT2D eigenvalue weighted by molar-refractivity contribution is 4.87. The molecule has 1 saturated heterocycles. The smallest absolute Gasteiger partial charge is 0.0695 e. The Hall–Kier alpha value is -0.120. The highest BCUT2D eigenvalue weighted by atomic mass is 16.5. The molecule has 2 fully saturated rings. The fourth-order valence-corrected chi connectivity index (χ4v) is 2.96. The molecule has 88 valence electrons. The Morgan fingerprint density at radius 1 is 1.20 bits per heavy atom. The molecule has 1 heterocycles. The van der Waals surface area contributed by atoms with Crippen LogP contribution in [0, 0.1) is 0 Å². The fraction of sp³-hybridized carbons (Fsp3) is 1.00. The van der Waals surface area contributed by atoms with Gasteiger partial charge in [0.2, 0.25) is 0 Å². The first-order chi connectivity index (χ1) is 7.31. The lowest BCUT2D eigenvalue weighted by Gasteiger charge is -2.37. The molecule has 0 bridgehead atoms. The molecule has 15 heavy (non-hydrogen) atoms. The SMILES string of the molecule is CCOC1CCN([C@@H]2CCC[C@H]2O)CC1. The third-order valence-corrected chi connectivity index (χ3v) is 3.79. The number of hydrogen-bond acceptors (Lipinski definition) is 3. The third-order valence-electron chi connectivity index (χ3n) is 3.79. The molecule has 0 aromatic carbocycles. The summed E-state index contributed by atoms with van der Waals surface area (Å²) in [5.41, 5.74) is 0. The van der Waals surface area contributed by atoms with Gasteiger partial charge in [0, 0.05) is 25.7 Å². The topological polar surface area (TPSA) is 32.7 Å². The van der Waals surface area contributed by atoms with Gasteiger partial charge >= 0.3 is 0 Å². The predicted octanol–water partition coefficient (Wildman–Crippen LogP) is 1.40. The molecule has 0 aromatic heterocycles. The van der Waals surface area contributed by atoms with Gasteiger partial charge in [-0.05, 0) is 39.0 Å². The van der Waals surface area contributed by atoms with E-state index in [1.54, 1.807) is 0 Å². The molecule has 3 heteroatoms. The lowest BCUT2D eigenvalue weighted by molar-refractivity contribution is -0.0126. The minimum atomic E-state index is -0.0753. The average molecular weight is 213 g/mol. The van der Waals surface area contributed by atoms with Gasteiger partial charge in [0.15, 0.2) is 0 Å². The molecule has 1 saturated carbocycles. The molecule has 2 rings (SSSR count). The summed E-state index contributed by atoms with van der Waals surface area (Å²) in [5, 5.41) is 9.84. The molecule has 0 spiro atoms. The van der Waals surface area contributed by atoms with E-state index >= 15 is 0 Å². The summed E-state index contributed by atoms with van der Waals surface area (Å²) >= 11 is 0. The van der Waals surface area contributed by atoms with E-state index in [1.165, 1.54) is 12.8 Å². The summed E-state index contributed by atoms with van der Waals surface area (Å²) in [4.78, 5) is 2.47. The van der Waals surface area contributed by atoms with Crippen LogP contribution in [-0.2, 0) is 4.74 Å². The molecule has 0 unspecified atom stereocenters. The summed E-state index contributed by atoms with van der Waals surface area (Å²) in [6.07, 6.45) is 6.03. The van der Waals surface area contributed by atoms with Crippen LogP contribution < -0.4 is 0 Å². The molecule has 1 aliphatic carbocycles. The zero-order chi connectivity index (χ0) is 10.7. The van der Waals surface area contributed by atoms with E-state index in [4.69, 9.17) is 4.74 Å². The van der Waals surface area contributed by atoms with Crippen molar-refractivity contribution in [2.24, 2.45) is 0 Å². The minimum absolute atomic E-state index is 0.0753. The normalized spacial score (nSPS) is 34.8. The van der Waals surface area contributed by atoms with Gasteiger partial charge in [-0.2, -0.15) is 0 Å². The lowest BCUT2D eigenvalue weighted by Crippen LogP contribution is -2.46. The van der Waals surface area contributed by atoms with Crippen LogP contribution in [0.4, 0.5) is 0 Å². The molecule has 1 aliphatic heterocycles. The maximum atomic E-state index is 9.84. The van der Waals surface area contributed by atoms with Crippen molar-refractivity contribution >= 4 is 0 Å². The van der Waals surface area contributed by atoms with E-state index in [0.29, 0.717) is 12.1 Å².